The Kier molecular flexibility index (Phi) is 5.71. The highest BCUT2D eigenvalue weighted by Crippen LogP contribution is 2.33. The summed E-state index contributed by atoms with van der Waals surface area (Å²) in [6, 6.07) is 10.7. The van der Waals surface area contributed by atoms with Crippen LogP contribution in [0.2, 0.25) is 10.0 Å². The highest BCUT2D eigenvalue weighted by molar-refractivity contribution is 6.34. The quantitative estimate of drug-likeness (QED) is 0.609. The number of nitrogens with two attached hydrogens (primary N) is 1. The molecule has 1 fully saturated rings. The minimum atomic E-state index is -0.266. The summed E-state index contributed by atoms with van der Waals surface area (Å²) >= 11 is 12.2. The van der Waals surface area contributed by atoms with Crippen LogP contribution in [0.25, 0.3) is 0 Å². The number of carbonyl (C=O) groups excluding carboxylic acids is 1. The average molecular weight is 378 g/mol. The third-order valence-corrected chi connectivity index (χ3v) is 4.99. The van der Waals surface area contributed by atoms with Crippen molar-refractivity contribution in [1.82, 2.24) is 0 Å². The summed E-state index contributed by atoms with van der Waals surface area (Å²) in [5.74, 6) is -0.266. The van der Waals surface area contributed by atoms with E-state index in [4.69, 9.17) is 28.9 Å². The molecule has 132 valence electrons. The topological polar surface area (TPSA) is 67.1 Å². The number of halogens is 2. The van der Waals surface area contributed by atoms with Crippen LogP contribution in [0, 0.1) is 0 Å². The molecule has 4 nitrogen and oxygen atoms in total. The molecule has 1 aliphatic rings. The molecule has 2 aromatic rings. The fourth-order valence-corrected chi connectivity index (χ4v) is 3.51. The molecule has 2 aromatic carbocycles. The fraction of sp³-hybridized carbons (Fsp3) is 0.316. The van der Waals surface area contributed by atoms with Gasteiger partial charge in [0.2, 0.25) is 0 Å². The van der Waals surface area contributed by atoms with E-state index in [-0.39, 0.29) is 5.91 Å². The molecule has 1 amide bonds. The van der Waals surface area contributed by atoms with Crippen molar-refractivity contribution in [2.75, 3.05) is 16.4 Å². The molecule has 3 rings (SSSR count). The molecule has 0 aliphatic heterocycles. The summed E-state index contributed by atoms with van der Waals surface area (Å²) in [7, 11) is 0. The van der Waals surface area contributed by atoms with Crippen LogP contribution in [0.1, 0.15) is 42.5 Å². The van der Waals surface area contributed by atoms with Crippen molar-refractivity contribution in [2.24, 2.45) is 0 Å². The SMILES string of the molecule is Nc1cc(Cl)c(NC(=O)c2cccc(Cl)c2)cc1NC1CCCCC1. The van der Waals surface area contributed by atoms with Gasteiger partial charge in [-0.1, -0.05) is 48.5 Å². The Bertz CT molecular complexity index is 773. The monoisotopic (exact) mass is 377 g/mol. The van der Waals surface area contributed by atoms with Crippen molar-refractivity contribution in [3.63, 3.8) is 0 Å². The molecule has 6 heteroatoms. The summed E-state index contributed by atoms with van der Waals surface area (Å²) in [4.78, 5) is 12.4. The Hall–Kier alpha value is -1.91. The number of anilines is 3. The van der Waals surface area contributed by atoms with Gasteiger partial charge >= 0.3 is 0 Å². The van der Waals surface area contributed by atoms with Crippen LogP contribution in [0.4, 0.5) is 17.1 Å². The Morgan fingerprint density at radius 1 is 1.04 bits per heavy atom. The van der Waals surface area contributed by atoms with Crippen LogP contribution in [-0.2, 0) is 0 Å². The Morgan fingerprint density at radius 2 is 1.80 bits per heavy atom. The standard InChI is InChI=1S/C19H21Cl2N3O/c20-13-6-4-5-12(9-13)19(25)24-17-11-18(16(22)10-15(17)21)23-14-7-2-1-3-8-14/h4-6,9-11,14,23H,1-3,7-8,22H2,(H,24,25). The van der Waals surface area contributed by atoms with Crippen molar-refractivity contribution in [3.8, 4) is 0 Å². The zero-order valence-corrected chi connectivity index (χ0v) is 15.3. The second kappa shape index (κ2) is 7.98. The second-order valence-electron chi connectivity index (χ2n) is 6.36. The maximum atomic E-state index is 12.4. The van der Waals surface area contributed by atoms with E-state index in [9.17, 15) is 4.79 Å². The van der Waals surface area contributed by atoms with Crippen molar-refractivity contribution in [3.05, 3.63) is 52.0 Å². The lowest BCUT2D eigenvalue weighted by atomic mass is 9.95. The summed E-state index contributed by atoms with van der Waals surface area (Å²) in [6.45, 7) is 0. The first-order valence-electron chi connectivity index (χ1n) is 8.45. The van der Waals surface area contributed by atoms with Crippen LogP contribution in [0.15, 0.2) is 36.4 Å². The predicted molar refractivity (Wildman–Crippen MR) is 106 cm³/mol. The molecular weight excluding hydrogens is 357 g/mol. The van der Waals surface area contributed by atoms with Crippen molar-refractivity contribution in [2.45, 2.75) is 38.1 Å². The molecule has 1 saturated carbocycles. The number of benzene rings is 2. The van der Waals surface area contributed by atoms with E-state index in [1.165, 1.54) is 19.3 Å². The van der Waals surface area contributed by atoms with Gasteiger partial charge in [-0.05, 0) is 43.2 Å². The third-order valence-electron chi connectivity index (χ3n) is 4.44. The Morgan fingerprint density at radius 3 is 2.52 bits per heavy atom. The van der Waals surface area contributed by atoms with E-state index in [2.05, 4.69) is 10.6 Å². The normalized spacial score (nSPS) is 15.0. The van der Waals surface area contributed by atoms with E-state index in [0.29, 0.717) is 33.0 Å². The Balaban J connectivity index is 1.78. The van der Waals surface area contributed by atoms with Crippen LogP contribution in [0.5, 0.6) is 0 Å². The van der Waals surface area contributed by atoms with Crippen molar-refractivity contribution < 1.29 is 4.79 Å². The number of nitrogen functional groups attached to an aromatic ring is 1. The van der Waals surface area contributed by atoms with Gasteiger partial charge in [0.15, 0.2) is 0 Å². The van der Waals surface area contributed by atoms with Crippen molar-refractivity contribution in [1.29, 1.82) is 0 Å². The lowest BCUT2D eigenvalue weighted by Crippen LogP contribution is -2.23. The largest absolute Gasteiger partial charge is 0.397 e. The maximum absolute atomic E-state index is 12.4. The van der Waals surface area contributed by atoms with E-state index in [1.807, 2.05) is 0 Å². The molecule has 1 aliphatic carbocycles. The summed E-state index contributed by atoms with van der Waals surface area (Å²) in [5.41, 5.74) is 8.48. The van der Waals surface area contributed by atoms with E-state index in [1.54, 1.807) is 36.4 Å². The highest BCUT2D eigenvalue weighted by atomic mass is 35.5. The first-order chi connectivity index (χ1) is 12.0. The minimum Gasteiger partial charge on any atom is -0.397 e. The maximum Gasteiger partial charge on any atom is 0.255 e. The molecule has 4 N–H and O–H groups in total. The third kappa shape index (κ3) is 4.59. The van der Waals surface area contributed by atoms with Crippen LogP contribution >= 0.6 is 23.2 Å². The molecule has 0 heterocycles. The van der Waals surface area contributed by atoms with Crippen molar-refractivity contribution >= 4 is 46.2 Å². The predicted octanol–water partition coefficient (Wildman–Crippen LogP) is 5.57. The zero-order valence-electron chi connectivity index (χ0n) is 13.8. The summed E-state index contributed by atoms with van der Waals surface area (Å²) in [5, 5.41) is 7.23. The minimum absolute atomic E-state index is 0.266. The molecule has 0 unspecified atom stereocenters. The van der Waals surface area contributed by atoms with Gasteiger partial charge in [-0.3, -0.25) is 4.79 Å². The highest BCUT2D eigenvalue weighted by Gasteiger charge is 2.16. The zero-order chi connectivity index (χ0) is 17.8. The number of hydrogen-bond acceptors (Lipinski definition) is 3. The molecule has 0 aromatic heterocycles. The second-order valence-corrected chi connectivity index (χ2v) is 7.21. The van der Waals surface area contributed by atoms with Gasteiger partial charge in [0, 0.05) is 16.6 Å². The molecule has 0 atom stereocenters. The smallest absolute Gasteiger partial charge is 0.255 e. The fourth-order valence-electron chi connectivity index (χ4n) is 3.10. The molecule has 25 heavy (non-hydrogen) atoms. The first kappa shape index (κ1) is 17.9. The first-order valence-corrected chi connectivity index (χ1v) is 9.21. The van der Waals surface area contributed by atoms with E-state index < -0.39 is 0 Å². The molecule has 0 radical (unpaired) electrons. The van der Waals surface area contributed by atoms with E-state index in [0.717, 1.165) is 18.5 Å². The number of amides is 1. The van der Waals surface area contributed by atoms with Gasteiger partial charge in [-0.2, -0.15) is 0 Å². The number of rotatable bonds is 4. The lowest BCUT2D eigenvalue weighted by molar-refractivity contribution is 0.102. The van der Waals surface area contributed by atoms with Gasteiger partial charge in [-0.15, -0.1) is 0 Å². The van der Waals surface area contributed by atoms with E-state index >= 15 is 0 Å². The van der Waals surface area contributed by atoms with Crippen LogP contribution < -0.4 is 16.4 Å². The van der Waals surface area contributed by atoms with Gasteiger partial charge < -0.3 is 16.4 Å². The molecular formula is C19H21Cl2N3O. The van der Waals surface area contributed by atoms with Gasteiger partial charge in [-0.25, -0.2) is 0 Å². The summed E-state index contributed by atoms with van der Waals surface area (Å²) < 4.78 is 0. The Labute approximate surface area is 157 Å². The van der Waals surface area contributed by atoms with Crippen LogP contribution in [-0.4, -0.2) is 11.9 Å². The lowest BCUT2D eigenvalue weighted by Gasteiger charge is -2.25. The van der Waals surface area contributed by atoms with Gasteiger partial charge in [0.25, 0.3) is 5.91 Å². The average Bonchev–Trinajstić information content (AvgIpc) is 2.60. The van der Waals surface area contributed by atoms with Gasteiger partial charge in [0.05, 0.1) is 22.1 Å². The van der Waals surface area contributed by atoms with Crippen LogP contribution in [0.3, 0.4) is 0 Å². The molecule has 0 bridgehead atoms. The number of nitrogens with one attached hydrogen (secondary N) is 2. The summed E-state index contributed by atoms with van der Waals surface area (Å²) in [6.07, 6.45) is 6.00. The number of carbonyl (C=O) groups is 1. The molecule has 0 saturated heterocycles. The number of hydrogen-bond donors (Lipinski definition) is 3. The molecule has 0 spiro atoms. The van der Waals surface area contributed by atoms with Gasteiger partial charge in [0.1, 0.15) is 0 Å².